The minimum Gasteiger partial charge on any atom is -0.495 e. The lowest BCUT2D eigenvalue weighted by Crippen LogP contribution is -2.34. The highest BCUT2D eigenvalue weighted by Crippen LogP contribution is 2.34. The molecule has 0 bridgehead atoms. The van der Waals surface area contributed by atoms with E-state index in [9.17, 15) is 0 Å². The maximum atomic E-state index is 6.26. The lowest BCUT2D eigenvalue weighted by molar-refractivity contribution is 0.197. The zero-order valence-corrected chi connectivity index (χ0v) is 17.6. The number of piperidine rings is 1. The van der Waals surface area contributed by atoms with Gasteiger partial charge in [-0.3, -0.25) is 4.90 Å². The van der Waals surface area contributed by atoms with Gasteiger partial charge < -0.3 is 14.6 Å². The topological polar surface area (TPSA) is 55.2 Å². The van der Waals surface area contributed by atoms with Gasteiger partial charge in [-0.25, -0.2) is 0 Å². The van der Waals surface area contributed by atoms with Crippen LogP contribution >= 0.6 is 35.6 Å². The molecule has 1 aromatic heterocycles. The van der Waals surface area contributed by atoms with Crippen molar-refractivity contribution in [3.63, 3.8) is 0 Å². The molecular weight excluding hydrogens is 409 g/mol. The predicted molar refractivity (Wildman–Crippen MR) is 109 cm³/mol. The molecule has 0 radical (unpaired) electrons. The molecule has 1 aromatic carbocycles. The third kappa shape index (κ3) is 4.35. The van der Waals surface area contributed by atoms with Gasteiger partial charge >= 0.3 is 0 Å². The second kappa shape index (κ2) is 8.97. The van der Waals surface area contributed by atoms with E-state index in [1.54, 1.807) is 13.2 Å². The lowest BCUT2D eigenvalue weighted by Gasteiger charge is -2.32. The van der Waals surface area contributed by atoms with Crippen molar-refractivity contribution in [1.29, 1.82) is 0 Å². The highest BCUT2D eigenvalue weighted by Gasteiger charge is 2.27. The quantitative estimate of drug-likeness (QED) is 0.801. The standard InChI is InChI=1S/C18H23Cl2N5O.ClH/c1-26-17-13(8-14(19)9-15(17)20)11-24-5-2-12(3-6-24)18-23-22-16-10-21-4-7-25(16)18;/h8-9,12,21H,2-7,10-11H2,1H3;1H. The monoisotopic (exact) mass is 431 g/mol. The Balaban J connectivity index is 0.00000210. The lowest BCUT2D eigenvalue weighted by atomic mass is 9.95. The second-order valence-electron chi connectivity index (χ2n) is 6.93. The van der Waals surface area contributed by atoms with Gasteiger partial charge in [-0.05, 0) is 38.1 Å². The van der Waals surface area contributed by atoms with E-state index < -0.39 is 0 Å². The molecule has 2 aromatic rings. The number of fused-ring (bicyclic) bond motifs is 1. The molecule has 9 heteroatoms. The number of aromatic nitrogens is 3. The van der Waals surface area contributed by atoms with Crippen molar-refractivity contribution in [3.8, 4) is 5.75 Å². The van der Waals surface area contributed by atoms with E-state index in [1.807, 2.05) is 6.07 Å². The van der Waals surface area contributed by atoms with Gasteiger partial charge in [0.2, 0.25) is 0 Å². The Morgan fingerprint density at radius 2 is 1.96 bits per heavy atom. The summed E-state index contributed by atoms with van der Waals surface area (Å²) in [6, 6.07) is 3.67. The molecule has 3 heterocycles. The Labute approximate surface area is 175 Å². The van der Waals surface area contributed by atoms with Crippen molar-refractivity contribution >= 4 is 35.6 Å². The Hall–Kier alpha value is -1.05. The fraction of sp³-hybridized carbons (Fsp3) is 0.556. The Morgan fingerprint density at radius 1 is 1.19 bits per heavy atom. The van der Waals surface area contributed by atoms with Gasteiger partial charge in [0.15, 0.2) is 0 Å². The fourth-order valence-corrected chi connectivity index (χ4v) is 4.58. The molecule has 4 rings (SSSR count). The summed E-state index contributed by atoms with van der Waals surface area (Å²) in [6.45, 7) is 5.60. The van der Waals surface area contributed by atoms with Crippen molar-refractivity contribution in [3.05, 3.63) is 39.4 Å². The maximum absolute atomic E-state index is 6.26. The largest absolute Gasteiger partial charge is 0.495 e. The van der Waals surface area contributed by atoms with E-state index in [-0.39, 0.29) is 12.4 Å². The highest BCUT2D eigenvalue weighted by molar-refractivity contribution is 6.35. The van der Waals surface area contributed by atoms with Crippen molar-refractivity contribution in [1.82, 2.24) is 25.0 Å². The summed E-state index contributed by atoms with van der Waals surface area (Å²) in [6.07, 6.45) is 2.17. The van der Waals surface area contributed by atoms with Crippen LogP contribution in [0, 0.1) is 0 Å². The number of benzene rings is 1. The van der Waals surface area contributed by atoms with Gasteiger partial charge in [-0.1, -0.05) is 23.2 Å². The molecule has 2 aliphatic rings. The van der Waals surface area contributed by atoms with Gasteiger partial charge in [0.05, 0.1) is 18.7 Å². The first-order valence-corrected chi connectivity index (χ1v) is 9.78. The predicted octanol–water partition coefficient (Wildman–Crippen LogP) is 3.50. The average Bonchev–Trinajstić information content (AvgIpc) is 3.06. The van der Waals surface area contributed by atoms with Crippen LogP contribution in [0.1, 0.15) is 36.0 Å². The van der Waals surface area contributed by atoms with Crippen molar-refractivity contribution in [2.24, 2.45) is 0 Å². The maximum Gasteiger partial charge on any atom is 0.147 e. The Morgan fingerprint density at radius 3 is 2.70 bits per heavy atom. The summed E-state index contributed by atoms with van der Waals surface area (Å²) in [5.74, 6) is 3.42. The normalized spacial score (nSPS) is 18.0. The molecule has 0 unspecified atom stereocenters. The van der Waals surface area contributed by atoms with Crippen LogP contribution in [-0.4, -0.2) is 46.4 Å². The van der Waals surface area contributed by atoms with E-state index in [2.05, 4.69) is 25.0 Å². The number of ether oxygens (including phenoxy) is 1. The number of likely N-dealkylation sites (tertiary alicyclic amines) is 1. The van der Waals surface area contributed by atoms with Gasteiger partial charge in [0.1, 0.15) is 17.4 Å². The second-order valence-corrected chi connectivity index (χ2v) is 7.78. The molecule has 0 amide bonds. The van der Waals surface area contributed by atoms with Crippen LogP contribution in [0.2, 0.25) is 10.0 Å². The van der Waals surface area contributed by atoms with Crippen LogP contribution in [0.4, 0.5) is 0 Å². The van der Waals surface area contributed by atoms with Gasteiger partial charge in [-0.2, -0.15) is 0 Å². The number of halogens is 3. The number of methoxy groups -OCH3 is 1. The first-order valence-electron chi connectivity index (χ1n) is 9.02. The van der Waals surface area contributed by atoms with E-state index in [0.29, 0.717) is 16.0 Å². The van der Waals surface area contributed by atoms with Crippen molar-refractivity contribution in [2.75, 3.05) is 26.7 Å². The third-order valence-corrected chi connectivity index (χ3v) is 5.79. The molecule has 27 heavy (non-hydrogen) atoms. The van der Waals surface area contributed by atoms with Crippen molar-refractivity contribution in [2.45, 2.75) is 38.4 Å². The van der Waals surface area contributed by atoms with Gasteiger partial charge in [-0.15, -0.1) is 22.6 Å². The Bertz CT molecular complexity index is 790. The molecule has 0 spiro atoms. The van der Waals surface area contributed by atoms with Crippen LogP contribution in [0.5, 0.6) is 5.75 Å². The van der Waals surface area contributed by atoms with E-state index >= 15 is 0 Å². The highest BCUT2D eigenvalue weighted by atomic mass is 35.5. The van der Waals surface area contributed by atoms with Crippen molar-refractivity contribution < 1.29 is 4.74 Å². The summed E-state index contributed by atoms with van der Waals surface area (Å²) in [5, 5.41) is 13.4. The molecule has 2 aliphatic heterocycles. The molecule has 0 saturated carbocycles. The molecule has 0 aliphatic carbocycles. The molecule has 1 saturated heterocycles. The first kappa shape index (κ1) is 20.7. The molecule has 6 nitrogen and oxygen atoms in total. The minimum atomic E-state index is 0. The summed E-state index contributed by atoms with van der Waals surface area (Å²) in [7, 11) is 1.65. The van der Waals surface area contributed by atoms with Gasteiger partial charge in [0, 0.05) is 36.1 Å². The molecule has 1 N–H and O–H groups in total. The third-order valence-electron chi connectivity index (χ3n) is 5.29. The van der Waals surface area contributed by atoms with Gasteiger partial charge in [0.25, 0.3) is 0 Å². The molecule has 0 atom stereocenters. The first-order chi connectivity index (χ1) is 12.7. The molecule has 1 fully saturated rings. The van der Waals surface area contributed by atoms with Crippen LogP contribution in [0.15, 0.2) is 12.1 Å². The number of nitrogens with one attached hydrogen (secondary N) is 1. The molecular formula is C18H24Cl3N5O. The smallest absolute Gasteiger partial charge is 0.147 e. The Kier molecular flexibility index (Phi) is 6.87. The number of nitrogens with zero attached hydrogens (tertiary/aromatic N) is 4. The summed E-state index contributed by atoms with van der Waals surface area (Å²) < 4.78 is 7.77. The van der Waals surface area contributed by atoms with Crippen LogP contribution in [-0.2, 0) is 19.6 Å². The summed E-state index contributed by atoms with van der Waals surface area (Å²) >= 11 is 12.4. The zero-order chi connectivity index (χ0) is 18.1. The van der Waals surface area contributed by atoms with Crippen LogP contribution in [0.25, 0.3) is 0 Å². The van der Waals surface area contributed by atoms with E-state index in [1.165, 1.54) is 0 Å². The summed E-state index contributed by atoms with van der Waals surface area (Å²) in [4.78, 5) is 2.43. The minimum absolute atomic E-state index is 0. The SMILES string of the molecule is COc1c(Cl)cc(Cl)cc1CN1CCC(c2nnc3n2CCNC3)CC1.Cl. The number of hydrogen-bond donors (Lipinski definition) is 1. The van der Waals surface area contributed by atoms with Crippen LogP contribution in [0.3, 0.4) is 0 Å². The number of rotatable bonds is 4. The summed E-state index contributed by atoms with van der Waals surface area (Å²) in [5.41, 5.74) is 1.04. The number of hydrogen-bond acceptors (Lipinski definition) is 5. The zero-order valence-electron chi connectivity index (χ0n) is 15.3. The van der Waals surface area contributed by atoms with E-state index in [4.69, 9.17) is 27.9 Å². The van der Waals surface area contributed by atoms with Crippen LogP contribution < -0.4 is 10.1 Å². The fourth-order valence-electron chi connectivity index (χ4n) is 3.97. The average molecular weight is 433 g/mol. The molecule has 148 valence electrons. The van der Waals surface area contributed by atoms with E-state index in [0.717, 1.165) is 75.1 Å².